The number of carbonyl (C=O) groups is 3. The molecular weight excluding hydrogens is 805 g/mol. The second-order valence-corrected chi connectivity index (χ2v) is 17.4. The Hall–Kier alpha value is -3.67. The molecule has 0 saturated carbocycles. The molecule has 1 unspecified atom stereocenters. The molecule has 0 aliphatic carbocycles. The molecule has 0 heterocycles. The molecule has 0 saturated heterocycles. The minimum atomic E-state index is -0.808. The Morgan fingerprint density at radius 3 is 1.12 bits per heavy atom. The maximum Gasteiger partial charge on any atom is 0.306 e. The summed E-state index contributed by atoms with van der Waals surface area (Å²) in [6.07, 6.45) is 69.8. The summed E-state index contributed by atoms with van der Waals surface area (Å²) in [6.45, 7) is 6.41. The van der Waals surface area contributed by atoms with Gasteiger partial charge in [-0.3, -0.25) is 14.4 Å². The molecule has 0 bridgehead atoms. The lowest BCUT2D eigenvalue weighted by Crippen LogP contribution is -2.30. The third kappa shape index (κ3) is 51.2. The summed E-state index contributed by atoms with van der Waals surface area (Å²) in [5, 5.41) is 0. The van der Waals surface area contributed by atoms with E-state index in [-0.39, 0.29) is 37.5 Å². The van der Waals surface area contributed by atoms with Gasteiger partial charge in [0.15, 0.2) is 6.10 Å². The van der Waals surface area contributed by atoms with E-state index in [4.69, 9.17) is 14.2 Å². The van der Waals surface area contributed by atoms with Gasteiger partial charge in [-0.05, 0) is 83.5 Å². The Bertz CT molecular complexity index is 1310. The zero-order valence-corrected chi connectivity index (χ0v) is 42.2. The SMILES string of the molecule is CC/C=C\C/C=C\C/C=C\C/C=C\C/C=C\C/C=C\CCC(=O)OCC(COC(=O)CCCCCCCCCCC)OC(=O)CCCCCCCCCCCC/C=C\C=C/CCCCC. The van der Waals surface area contributed by atoms with Crippen LogP contribution in [-0.2, 0) is 28.6 Å². The van der Waals surface area contributed by atoms with Crippen molar-refractivity contribution in [2.45, 2.75) is 245 Å². The van der Waals surface area contributed by atoms with Crippen LogP contribution in [0.1, 0.15) is 239 Å². The summed E-state index contributed by atoms with van der Waals surface area (Å²) in [5.41, 5.74) is 0. The fourth-order valence-electron chi connectivity index (χ4n) is 7.11. The molecule has 6 heteroatoms. The van der Waals surface area contributed by atoms with E-state index in [1.165, 1.54) is 116 Å². The molecule has 0 N–H and O–H groups in total. The van der Waals surface area contributed by atoms with E-state index in [9.17, 15) is 14.4 Å². The first-order valence-electron chi connectivity index (χ1n) is 26.8. The zero-order chi connectivity index (χ0) is 47.2. The van der Waals surface area contributed by atoms with Gasteiger partial charge in [-0.1, -0.05) is 234 Å². The number of hydrogen-bond donors (Lipinski definition) is 0. The van der Waals surface area contributed by atoms with Crippen molar-refractivity contribution in [3.63, 3.8) is 0 Å². The molecule has 6 nitrogen and oxygen atoms in total. The van der Waals surface area contributed by atoms with Gasteiger partial charge in [-0.15, -0.1) is 0 Å². The smallest absolute Gasteiger partial charge is 0.306 e. The van der Waals surface area contributed by atoms with E-state index < -0.39 is 6.10 Å². The van der Waals surface area contributed by atoms with Gasteiger partial charge in [0.2, 0.25) is 0 Å². The summed E-state index contributed by atoms with van der Waals surface area (Å²) in [4.78, 5) is 37.9. The normalized spacial score (nSPS) is 12.8. The van der Waals surface area contributed by atoms with E-state index in [0.717, 1.165) is 77.0 Å². The van der Waals surface area contributed by atoms with Gasteiger partial charge in [-0.25, -0.2) is 0 Å². The highest BCUT2D eigenvalue weighted by Crippen LogP contribution is 2.14. The number of carbonyl (C=O) groups excluding carboxylic acids is 3. The molecule has 0 radical (unpaired) electrons. The van der Waals surface area contributed by atoms with E-state index in [0.29, 0.717) is 19.3 Å². The Morgan fingerprint density at radius 1 is 0.338 bits per heavy atom. The van der Waals surface area contributed by atoms with Gasteiger partial charge in [0, 0.05) is 19.3 Å². The molecule has 370 valence electrons. The quantitative estimate of drug-likeness (QED) is 0.0199. The average molecular weight is 903 g/mol. The van der Waals surface area contributed by atoms with Crippen LogP contribution in [0.5, 0.6) is 0 Å². The molecule has 0 fully saturated rings. The van der Waals surface area contributed by atoms with Crippen LogP contribution in [0.3, 0.4) is 0 Å². The van der Waals surface area contributed by atoms with Crippen molar-refractivity contribution >= 4 is 17.9 Å². The van der Waals surface area contributed by atoms with E-state index in [1.54, 1.807) is 0 Å². The fourth-order valence-corrected chi connectivity index (χ4v) is 7.11. The third-order valence-corrected chi connectivity index (χ3v) is 11.1. The van der Waals surface area contributed by atoms with E-state index >= 15 is 0 Å². The summed E-state index contributed by atoms with van der Waals surface area (Å²) in [5.74, 6) is -0.997. The van der Waals surface area contributed by atoms with Crippen LogP contribution in [0.2, 0.25) is 0 Å². The van der Waals surface area contributed by atoms with Crippen LogP contribution in [-0.4, -0.2) is 37.2 Å². The highest BCUT2D eigenvalue weighted by atomic mass is 16.6. The van der Waals surface area contributed by atoms with Gasteiger partial charge in [-0.2, -0.15) is 0 Å². The van der Waals surface area contributed by atoms with E-state index in [2.05, 4.69) is 112 Å². The van der Waals surface area contributed by atoms with Gasteiger partial charge in [0.1, 0.15) is 13.2 Å². The second kappa shape index (κ2) is 52.9. The Balaban J connectivity index is 4.43. The molecule has 0 aromatic heterocycles. The Labute approximate surface area is 400 Å². The molecule has 0 aromatic rings. The van der Waals surface area contributed by atoms with Crippen LogP contribution in [0.15, 0.2) is 97.2 Å². The topological polar surface area (TPSA) is 78.9 Å². The molecule has 0 aliphatic rings. The first-order valence-corrected chi connectivity index (χ1v) is 26.8. The minimum Gasteiger partial charge on any atom is -0.462 e. The lowest BCUT2D eigenvalue weighted by atomic mass is 10.1. The number of rotatable bonds is 47. The van der Waals surface area contributed by atoms with Crippen molar-refractivity contribution in [1.82, 2.24) is 0 Å². The second-order valence-electron chi connectivity index (χ2n) is 17.4. The minimum absolute atomic E-state index is 0.102. The predicted molar refractivity (Wildman–Crippen MR) is 279 cm³/mol. The van der Waals surface area contributed by atoms with Crippen LogP contribution >= 0.6 is 0 Å². The summed E-state index contributed by atoms with van der Waals surface area (Å²) in [7, 11) is 0. The van der Waals surface area contributed by atoms with Gasteiger partial charge >= 0.3 is 17.9 Å². The maximum absolute atomic E-state index is 12.8. The summed E-state index contributed by atoms with van der Waals surface area (Å²) >= 11 is 0. The lowest BCUT2D eigenvalue weighted by Gasteiger charge is -2.18. The lowest BCUT2D eigenvalue weighted by molar-refractivity contribution is -0.166. The number of esters is 3. The zero-order valence-electron chi connectivity index (χ0n) is 42.2. The monoisotopic (exact) mass is 903 g/mol. The standard InChI is InChI=1S/C59H98O6/c1-4-7-10-13-16-19-21-23-25-27-29-31-33-35-37-40-43-46-49-52-58(61)64-55-56(54-63-57(60)51-48-45-42-39-18-15-12-9-6-3)65-59(62)53-50-47-44-41-38-36-34-32-30-28-26-24-22-20-17-14-11-8-5-2/h7,10,16-17,19-20,22-25,29,31,35,37,43,46,56H,4-6,8-9,11-15,18,21,26-28,30,32-34,36,38-42,44-45,47-55H2,1-3H3/b10-7-,19-16-,20-17-,24-22-,25-23-,31-29-,37-35-,46-43-. The van der Waals surface area contributed by atoms with Crippen LogP contribution in [0.25, 0.3) is 0 Å². The highest BCUT2D eigenvalue weighted by Gasteiger charge is 2.19. The highest BCUT2D eigenvalue weighted by molar-refractivity contribution is 5.71. The summed E-state index contributed by atoms with van der Waals surface area (Å²) < 4.78 is 16.7. The molecule has 0 rings (SSSR count). The van der Waals surface area contributed by atoms with Crippen molar-refractivity contribution in [2.24, 2.45) is 0 Å². The largest absolute Gasteiger partial charge is 0.462 e. The van der Waals surface area contributed by atoms with Crippen LogP contribution < -0.4 is 0 Å². The number of allylic oxidation sites excluding steroid dienone is 16. The fraction of sp³-hybridized carbons (Fsp3) is 0.678. The maximum atomic E-state index is 12.8. The van der Waals surface area contributed by atoms with Crippen molar-refractivity contribution in [3.8, 4) is 0 Å². The molecule has 65 heavy (non-hydrogen) atoms. The molecular formula is C59H98O6. The molecule has 0 spiro atoms. The van der Waals surface area contributed by atoms with Gasteiger partial charge in [0.05, 0.1) is 0 Å². The van der Waals surface area contributed by atoms with Crippen LogP contribution in [0, 0.1) is 0 Å². The molecule has 0 aromatic carbocycles. The molecule has 1 atom stereocenters. The third-order valence-electron chi connectivity index (χ3n) is 11.1. The molecule has 0 amide bonds. The summed E-state index contributed by atoms with van der Waals surface area (Å²) in [6, 6.07) is 0. The predicted octanol–water partition coefficient (Wildman–Crippen LogP) is 17.8. The average Bonchev–Trinajstić information content (AvgIpc) is 3.30. The Morgan fingerprint density at radius 2 is 0.677 bits per heavy atom. The van der Waals surface area contributed by atoms with Crippen molar-refractivity contribution in [1.29, 1.82) is 0 Å². The van der Waals surface area contributed by atoms with Crippen molar-refractivity contribution in [3.05, 3.63) is 97.2 Å². The van der Waals surface area contributed by atoms with Crippen molar-refractivity contribution in [2.75, 3.05) is 13.2 Å². The van der Waals surface area contributed by atoms with Crippen molar-refractivity contribution < 1.29 is 28.6 Å². The van der Waals surface area contributed by atoms with Gasteiger partial charge in [0.25, 0.3) is 0 Å². The molecule has 0 aliphatic heterocycles. The van der Waals surface area contributed by atoms with Gasteiger partial charge < -0.3 is 14.2 Å². The van der Waals surface area contributed by atoms with Crippen LogP contribution in [0.4, 0.5) is 0 Å². The van der Waals surface area contributed by atoms with E-state index in [1.807, 2.05) is 6.08 Å². The number of hydrogen-bond acceptors (Lipinski definition) is 6. The Kier molecular flexibility index (Phi) is 50.0. The number of ether oxygens (including phenoxy) is 3. The first kappa shape index (κ1) is 61.3. The number of unbranched alkanes of at least 4 members (excludes halogenated alkanes) is 21. The first-order chi connectivity index (χ1) is 32.0.